The van der Waals surface area contributed by atoms with Gasteiger partial charge in [-0.3, -0.25) is 19.0 Å². The quantitative estimate of drug-likeness (QED) is 0.579. The molecule has 0 aromatic carbocycles. The number of aromatic hydroxyl groups is 1. The molecule has 35 heavy (non-hydrogen) atoms. The van der Waals surface area contributed by atoms with Crippen molar-refractivity contribution in [2.24, 2.45) is 5.92 Å². The van der Waals surface area contributed by atoms with E-state index in [4.69, 9.17) is 4.74 Å². The third-order valence-corrected chi connectivity index (χ3v) is 6.45. The highest BCUT2D eigenvalue weighted by molar-refractivity contribution is 5.97. The average molecular weight is 486 g/mol. The van der Waals surface area contributed by atoms with Gasteiger partial charge in [0.2, 0.25) is 11.8 Å². The molecule has 0 spiro atoms. The van der Waals surface area contributed by atoms with Crippen molar-refractivity contribution in [1.82, 2.24) is 24.4 Å². The highest BCUT2D eigenvalue weighted by Crippen LogP contribution is 2.26. The van der Waals surface area contributed by atoms with Gasteiger partial charge in [0, 0.05) is 24.2 Å². The van der Waals surface area contributed by atoms with Crippen LogP contribution in [0.4, 0.5) is 0 Å². The first-order chi connectivity index (χ1) is 16.6. The SMILES string of the molecule is CCc1nn2c(O)c(C(=O)NC3CC3)c(=O)n(CC(C)C)c2c1/C=C/C(=O)N1[C@@H](C)COC[C@@H]1C. The zero-order chi connectivity index (χ0) is 25.4. The Hall–Kier alpha value is -3.14. The Morgan fingerprint density at radius 3 is 2.46 bits per heavy atom. The third-order valence-electron chi connectivity index (χ3n) is 6.45. The lowest BCUT2D eigenvalue weighted by atomic mass is 10.1. The van der Waals surface area contributed by atoms with Crippen LogP contribution in [0.2, 0.25) is 0 Å². The molecule has 2 aliphatic rings. The van der Waals surface area contributed by atoms with E-state index in [2.05, 4.69) is 10.4 Å². The first kappa shape index (κ1) is 25.0. The molecule has 4 rings (SSSR count). The first-order valence-electron chi connectivity index (χ1n) is 12.4. The molecule has 0 radical (unpaired) electrons. The first-order valence-corrected chi connectivity index (χ1v) is 12.4. The molecule has 3 heterocycles. The Morgan fingerprint density at radius 1 is 1.23 bits per heavy atom. The van der Waals surface area contributed by atoms with Gasteiger partial charge in [-0.15, -0.1) is 0 Å². The highest BCUT2D eigenvalue weighted by atomic mass is 16.5. The molecular formula is C25H35N5O5. The number of morpholine rings is 1. The number of hydrogen-bond donors (Lipinski definition) is 2. The van der Waals surface area contributed by atoms with Gasteiger partial charge in [0.15, 0.2) is 5.56 Å². The maximum atomic E-state index is 13.5. The predicted octanol–water partition coefficient (Wildman–Crippen LogP) is 1.96. The molecule has 1 saturated carbocycles. The van der Waals surface area contributed by atoms with Gasteiger partial charge in [-0.2, -0.15) is 9.61 Å². The topological polar surface area (TPSA) is 118 Å². The second kappa shape index (κ2) is 9.85. The zero-order valence-electron chi connectivity index (χ0n) is 21.1. The molecule has 0 bridgehead atoms. The van der Waals surface area contributed by atoms with Gasteiger partial charge in [-0.25, -0.2) is 0 Å². The van der Waals surface area contributed by atoms with Crippen molar-refractivity contribution in [3.8, 4) is 5.88 Å². The van der Waals surface area contributed by atoms with Crippen LogP contribution in [-0.4, -0.2) is 67.3 Å². The summed E-state index contributed by atoms with van der Waals surface area (Å²) in [6.07, 6.45) is 5.39. The average Bonchev–Trinajstić information content (AvgIpc) is 3.52. The largest absolute Gasteiger partial charge is 0.492 e. The molecule has 2 amide bonds. The number of fused-ring (bicyclic) bond motifs is 1. The maximum Gasteiger partial charge on any atom is 0.270 e. The second-order valence-electron chi connectivity index (χ2n) is 10.0. The van der Waals surface area contributed by atoms with Crippen molar-refractivity contribution in [3.05, 3.63) is 33.3 Å². The molecular weight excluding hydrogens is 450 g/mol. The summed E-state index contributed by atoms with van der Waals surface area (Å²) < 4.78 is 8.27. The van der Waals surface area contributed by atoms with Crippen LogP contribution in [0, 0.1) is 5.92 Å². The number of amides is 2. The van der Waals surface area contributed by atoms with Gasteiger partial charge >= 0.3 is 0 Å². The van der Waals surface area contributed by atoms with Gasteiger partial charge in [0.25, 0.3) is 11.5 Å². The highest BCUT2D eigenvalue weighted by Gasteiger charge is 2.31. The van der Waals surface area contributed by atoms with Crippen molar-refractivity contribution < 1.29 is 19.4 Å². The van der Waals surface area contributed by atoms with E-state index in [0.29, 0.717) is 43.1 Å². The fourth-order valence-corrected chi connectivity index (χ4v) is 4.63. The molecule has 2 N–H and O–H groups in total. The van der Waals surface area contributed by atoms with E-state index in [0.717, 1.165) is 12.8 Å². The van der Waals surface area contributed by atoms with Crippen molar-refractivity contribution in [3.63, 3.8) is 0 Å². The minimum Gasteiger partial charge on any atom is -0.492 e. The van der Waals surface area contributed by atoms with Gasteiger partial charge in [-0.1, -0.05) is 20.8 Å². The molecule has 190 valence electrons. The number of carbonyl (C=O) groups excluding carboxylic acids is 2. The van der Waals surface area contributed by atoms with Crippen LogP contribution in [-0.2, 0) is 22.5 Å². The molecule has 2 fully saturated rings. The second-order valence-corrected chi connectivity index (χ2v) is 10.0. The third kappa shape index (κ3) is 4.84. The van der Waals surface area contributed by atoms with E-state index in [1.165, 1.54) is 15.2 Å². The minimum atomic E-state index is -0.592. The van der Waals surface area contributed by atoms with Gasteiger partial charge in [0.05, 0.1) is 31.0 Å². The summed E-state index contributed by atoms with van der Waals surface area (Å²) in [5.74, 6) is -1.14. The van der Waals surface area contributed by atoms with Crippen LogP contribution < -0.4 is 10.9 Å². The molecule has 1 aliphatic carbocycles. The van der Waals surface area contributed by atoms with Crippen molar-refractivity contribution >= 4 is 23.5 Å². The molecule has 10 nitrogen and oxygen atoms in total. The number of aryl methyl sites for hydroxylation is 1. The molecule has 1 aliphatic heterocycles. The molecule has 1 saturated heterocycles. The summed E-state index contributed by atoms with van der Waals surface area (Å²) in [4.78, 5) is 41.2. The predicted molar refractivity (Wildman–Crippen MR) is 131 cm³/mol. The van der Waals surface area contributed by atoms with Crippen LogP contribution in [0.25, 0.3) is 11.7 Å². The Kier molecular flexibility index (Phi) is 7.02. The minimum absolute atomic E-state index is 0.0360. The number of aromatic nitrogens is 3. The molecule has 10 heteroatoms. The van der Waals surface area contributed by atoms with Crippen LogP contribution in [0.3, 0.4) is 0 Å². The Morgan fingerprint density at radius 2 is 1.89 bits per heavy atom. The van der Waals surface area contributed by atoms with Crippen LogP contribution in [0.1, 0.15) is 69.1 Å². The zero-order valence-corrected chi connectivity index (χ0v) is 21.1. The lowest BCUT2D eigenvalue weighted by Gasteiger charge is -2.38. The smallest absolute Gasteiger partial charge is 0.270 e. The van der Waals surface area contributed by atoms with E-state index >= 15 is 0 Å². The van der Waals surface area contributed by atoms with E-state index in [1.807, 2.05) is 34.6 Å². The number of rotatable bonds is 7. The number of nitrogens with one attached hydrogen (secondary N) is 1. The van der Waals surface area contributed by atoms with E-state index in [1.54, 1.807) is 11.0 Å². The lowest BCUT2D eigenvalue weighted by Crippen LogP contribution is -2.51. The fraction of sp³-hybridized carbons (Fsp3) is 0.600. The summed E-state index contributed by atoms with van der Waals surface area (Å²) in [7, 11) is 0. The Balaban J connectivity index is 1.84. The van der Waals surface area contributed by atoms with Gasteiger partial charge < -0.3 is 20.1 Å². The Labute approximate surface area is 204 Å². The molecule has 2 aromatic heterocycles. The van der Waals surface area contributed by atoms with E-state index in [-0.39, 0.29) is 35.5 Å². The van der Waals surface area contributed by atoms with Crippen LogP contribution >= 0.6 is 0 Å². The normalized spacial score (nSPS) is 20.8. The lowest BCUT2D eigenvalue weighted by molar-refractivity contribution is -0.138. The fourth-order valence-electron chi connectivity index (χ4n) is 4.63. The number of hydrogen-bond acceptors (Lipinski definition) is 6. The monoisotopic (exact) mass is 485 g/mol. The summed E-state index contributed by atoms with van der Waals surface area (Å²) in [6.45, 7) is 11.0. The van der Waals surface area contributed by atoms with E-state index < -0.39 is 17.3 Å². The van der Waals surface area contributed by atoms with Crippen LogP contribution in [0.15, 0.2) is 10.9 Å². The summed E-state index contributed by atoms with van der Waals surface area (Å²) in [6, 6.07) is -0.0730. The molecule has 0 unspecified atom stereocenters. The summed E-state index contributed by atoms with van der Waals surface area (Å²) in [5.41, 5.74) is 0.687. The Bertz CT molecular complexity index is 1210. The number of nitrogens with zero attached hydrogens (tertiary/aromatic N) is 4. The van der Waals surface area contributed by atoms with Crippen molar-refractivity contribution in [1.29, 1.82) is 0 Å². The molecule has 2 aromatic rings. The standard InChI is InChI=1S/C25H35N5O5/c1-6-19-18(9-10-20(31)29-15(4)12-35-13-16(29)5)23-28(11-14(2)3)24(33)21(25(34)30(23)27-19)22(32)26-17-7-8-17/h9-10,14-17,34H,6-8,11-13H2,1-5H3,(H,26,32)/b10-9+/t15-,16-/m0/s1. The van der Waals surface area contributed by atoms with Crippen molar-refractivity contribution in [2.45, 2.75) is 78.6 Å². The van der Waals surface area contributed by atoms with E-state index in [9.17, 15) is 19.5 Å². The van der Waals surface area contributed by atoms with Gasteiger partial charge in [0.1, 0.15) is 5.65 Å². The maximum absolute atomic E-state index is 13.5. The number of carbonyl (C=O) groups is 2. The van der Waals surface area contributed by atoms with Gasteiger partial charge in [-0.05, 0) is 45.1 Å². The van der Waals surface area contributed by atoms with Crippen molar-refractivity contribution in [2.75, 3.05) is 13.2 Å². The van der Waals surface area contributed by atoms with Crippen LogP contribution in [0.5, 0.6) is 5.88 Å². The summed E-state index contributed by atoms with van der Waals surface area (Å²) >= 11 is 0. The number of ether oxygens (including phenoxy) is 1. The molecule has 2 atom stereocenters. The summed E-state index contributed by atoms with van der Waals surface area (Å²) in [5, 5.41) is 18.3.